The largest absolute Gasteiger partial charge is 0.370 e. The van der Waals surface area contributed by atoms with Crippen molar-refractivity contribution in [3.8, 4) is 0 Å². The first kappa shape index (κ1) is 14.7. The normalized spacial score (nSPS) is 12.6. The van der Waals surface area contributed by atoms with Gasteiger partial charge in [-0.1, -0.05) is 20.8 Å². The Hall–Kier alpha value is -1.32. The molecule has 0 fully saturated rings. The number of aromatic nitrogens is 2. The molecule has 1 aromatic heterocycles. The highest BCUT2D eigenvalue weighted by atomic mass is 15.2. The van der Waals surface area contributed by atoms with Gasteiger partial charge in [-0.05, 0) is 20.3 Å². The summed E-state index contributed by atoms with van der Waals surface area (Å²) in [5, 5.41) is 3.28. The SMILES string of the molecule is CCNc1cc(N(C)C(C)CC)nc(C(C)C)n1. The summed E-state index contributed by atoms with van der Waals surface area (Å²) in [5.41, 5.74) is 0. The minimum absolute atomic E-state index is 0.340. The van der Waals surface area contributed by atoms with Gasteiger partial charge in [0, 0.05) is 31.6 Å². The van der Waals surface area contributed by atoms with Crippen molar-refractivity contribution in [3.63, 3.8) is 0 Å². The molecule has 0 aliphatic heterocycles. The van der Waals surface area contributed by atoms with E-state index in [2.05, 4.69) is 61.9 Å². The molecule has 0 amide bonds. The fraction of sp³-hybridized carbons (Fsp3) is 0.714. The molecule has 1 N–H and O–H groups in total. The molecule has 0 spiro atoms. The molecule has 4 heteroatoms. The van der Waals surface area contributed by atoms with Crippen LogP contribution in [0.25, 0.3) is 0 Å². The molecule has 0 aromatic carbocycles. The molecule has 18 heavy (non-hydrogen) atoms. The molecule has 0 bridgehead atoms. The molecule has 0 saturated heterocycles. The molecule has 1 rings (SSSR count). The van der Waals surface area contributed by atoms with Crippen LogP contribution in [-0.2, 0) is 0 Å². The fourth-order valence-corrected chi connectivity index (χ4v) is 1.66. The van der Waals surface area contributed by atoms with Gasteiger partial charge in [0.25, 0.3) is 0 Å². The lowest BCUT2D eigenvalue weighted by molar-refractivity contribution is 0.650. The van der Waals surface area contributed by atoms with Crippen LogP contribution in [0.4, 0.5) is 11.6 Å². The van der Waals surface area contributed by atoms with Gasteiger partial charge in [-0.3, -0.25) is 0 Å². The summed E-state index contributed by atoms with van der Waals surface area (Å²) < 4.78 is 0. The van der Waals surface area contributed by atoms with E-state index < -0.39 is 0 Å². The number of anilines is 2. The van der Waals surface area contributed by atoms with Gasteiger partial charge in [-0.2, -0.15) is 0 Å². The number of rotatable bonds is 6. The van der Waals surface area contributed by atoms with Gasteiger partial charge in [0.05, 0.1) is 0 Å². The van der Waals surface area contributed by atoms with Gasteiger partial charge in [-0.15, -0.1) is 0 Å². The topological polar surface area (TPSA) is 41.0 Å². The Morgan fingerprint density at radius 1 is 1.22 bits per heavy atom. The highest BCUT2D eigenvalue weighted by Crippen LogP contribution is 2.21. The van der Waals surface area contributed by atoms with Gasteiger partial charge in [-0.25, -0.2) is 9.97 Å². The van der Waals surface area contributed by atoms with Crippen LogP contribution in [0.15, 0.2) is 6.07 Å². The molecule has 4 nitrogen and oxygen atoms in total. The average molecular weight is 250 g/mol. The monoisotopic (exact) mass is 250 g/mol. The van der Waals surface area contributed by atoms with Crippen molar-refractivity contribution < 1.29 is 0 Å². The first-order valence-electron chi connectivity index (χ1n) is 6.85. The molecular formula is C14H26N4. The highest BCUT2D eigenvalue weighted by Gasteiger charge is 2.13. The summed E-state index contributed by atoms with van der Waals surface area (Å²) >= 11 is 0. The molecule has 1 unspecified atom stereocenters. The molecule has 102 valence electrons. The van der Waals surface area contributed by atoms with E-state index in [1.165, 1.54) is 0 Å². The molecule has 0 saturated carbocycles. The lowest BCUT2D eigenvalue weighted by Crippen LogP contribution is -2.29. The number of nitrogens with zero attached hydrogens (tertiary/aromatic N) is 3. The van der Waals surface area contributed by atoms with Crippen LogP contribution in [0.5, 0.6) is 0 Å². The third-order valence-corrected chi connectivity index (χ3v) is 3.22. The predicted octanol–water partition coefficient (Wildman–Crippen LogP) is 3.27. The van der Waals surface area contributed by atoms with Crippen LogP contribution in [0, 0.1) is 0 Å². The molecule has 0 aliphatic rings. The molecule has 0 radical (unpaired) electrons. The smallest absolute Gasteiger partial charge is 0.135 e. The maximum atomic E-state index is 4.66. The minimum atomic E-state index is 0.340. The second-order valence-electron chi connectivity index (χ2n) is 5.02. The Labute approximate surface area is 111 Å². The summed E-state index contributed by atoms with van der Waals surface area (Å²) in [6, 6.07) is 2.51. The molecule has 1 aromatic rings. The highest BCUT2D eigenvalue weighted by molar-refractivity contribution is 5.49. The quantitative estimate of drug-likeness (QED) is 0.841. The molecule has 1 heterocycles. The first-order chi connectivity index (χ1) is 8.49. The summed E-state index contributed by atoms with van der Waals surface area (Å²) in [4.78, 5) is 11.4. The second kappa shape index (κ2) is 6.57. The Bertz CT molecular complexity index is 376. The van der Waals surface area contributed by atoms with E-state index in [1.807, 2.05) is 6.07 Å². The van der Waals surface area contributed by atoms with Crippen LogP contribution >= 0.6 is 0 Å². The van der Waals surface area contributed by atoms with Crippen LogP contribution < -0.4 is 10.2 Å². The van der Waals surface area contributed by atoms with E-state index in [1.54, 1.807) is 0 Å². The van der Waals surface area contributed by atoms with E-state index >= 15 is 0 Å². The summed E-state index contributed by atoms with van der Waals surface area (Å²) in [7, 11) is 2.09. The Morgan fingerprint density at radius 3 is 2.39 bits per heavy atom. The zero-order valence-corrected chi connectivity index (χ0v) is 12.5. The summed E-state index contributed by atoms with van der Waals surface area (Å²) in [5.74, 6) is 3.16. The van der Waals surface area contributed by atoms with Gasteiger partial charge in [0.1, 0.15) is 17.5 Å². The third-order valence-electron chi connectivity index (χ3n) is 3.22. The van der Waals surface area contributed by atoms with Crippen molar-refractivity contribution in [1.82, 2.24) is 9.97 Å². The van der Waals surface area contributed by atoms with E-state index in [0.29, 0.717) is 12.0 Å². The standard InChI is InChI=1S/C14H26N4/c1-7-11(5)18(6)13-9-12(15-8-2)16-14(17-13)10(3)4/h9-11H,7-8H2,1-6H3,(H,15,16,17). The lowest BCUT2D eigenvalue weighted by atomic mass is 10.2. The summed E-state index contributed by atoms with van der Waals surface area (Å²) in [6.45, 7) is 11.6. The number of hydrogen-bond donors (Lipinski definition) is 1. The van der Waals surface area contributed by atoms with Crippen LogP contribution in [0.3, 0.4) is 0 Å². The van der Waals surface area contributed by atoms with E-state index in [9.17, 15) is 0 Å². The maximum absolute atomic E-state index is 4.66. The van der Waals surface area contributed by atoms with Crippen molar-refractivity contribution in [2.75, 3.05) is 23.8 Å². The number of hydrogen-bond acceptors (Lipinski definition) is 4. The zero-order chi connectivity index (χ0) is 13.7. The first-order valence-corrected chi connectivity index (χ1v) is 6.85. The minimum Gasteiger partial charge on any atom is -0.370 e. The Kier molecular flexibility index (Phi) is 5.38. The lowest BCUT2D eigenvalue weighted by Gasteiger charge is -2.26. The van der Waals surface area contributed by atoms with Crippen molar-refractivity contribution in [3.05, 3.63) is 11.9 Å². The predicted molar refractivity (Wildman–Crippen MR) is 78.4 cm³/mol. The molecule has 1 atom stereocenters. The van der Waals surface area contributed by atoms with E-state index in [0.717, 1.165) is 30.4 Å². The Morgan fingerprint density at radius 2 is 1.89 bits per heavy atom. The van der Waals surface area contributed by atoms with Crippen LogP contribution in [-0.4, -0.2) is 29.6 Å². The van der Waals surface area contributed by atoms with Gasteiger partial charge in [0.2, 0.25) is 0 Å². The van der Waals surface area contributed by atoms with Crippen molar-refractivity contribution in [2.45, 2.75) is 53.0 Å². The molecular weight excluding hydrogens is 224 g/mol. The Balaban J connectivity index is 3.09. The third kappa shape index (κ3) is 3.59. The van der Waals surface area contributed by atoms with Gasteiger partial charge in [0.15, 0.2) is 0 Å². The van der Waals surface area contributed by atoms with Crippen LogP contribution in [0.1, 0.15) is 52.8 Å². The van der Waals surface area contributed by atoms with Crippen molar-refractivity contribution in [2.24, 2.45) is 0 Å². The maximum Gasteiger partial charge on any atom is 0.135 e. The van der Waals surface area contributed by atoms with E-state index in [-0.39, 0.29) is 0 Å². The summed E-state index contributed by atoms with van der Waals surface area (Å²) in [6.07, 6.45) is 1.11. The fourth-order valence-electron chi connectivity index (χ4n) is 1.66. The van der Waals surface area contributed by atoms with Crippen LogP contribution in [0.2, 0.25) is 0 Å². The zero-order valence-electron chi connectivity index (χ0n) is 12.5. The van der Waals surface area contributed by atoms with Gasteiger partial charge >= 0.3 is 0 Å². The van der Waals surface area contributed by atoms with Gasteiger partial charge < -0.3 is 10.2 Å². The second-order valence-corrected chi connectivity index (χ2v) is 5.02. The van der Waals surface area contributed by atoms with Crippen molar-refractivity contribution in [1.29, 1.82) is 0 Å². The van der Waals surface area contributed by atoms with Crippen molar-refractivity contribution >= 4 is 11.6 Å². The van der Waals surface area contributed by atoms with E-state index in [4.69, 9.17) is 0 Å². The molecule has 0 aliphatic carbocycles. The number of nitrogens with one attached hydrogen (secondary N) is 1. The average Bonchev–Trinajstić information content (AvgIpc) is 2.36.